The summed E-state index contributed by atoms with van der Waals surface area (Å²) < 4.78 is 19.8. The quantitative estimate of drug-likeness (QED) is 0.482. The van der Waals surface area contributed by atoms with Crippen LogP contribution in [0.5, 0.6) is 0 Å². The van der Waals surface area contributed by atoms with Crippen molar-refractivity contribution in [3.05, 3.63) is 81.1 Å². The van der Waals surface area contributed by atoms with Gasteiger partial charge in [-0.15, -0.1) is 0 Å². The summed E-state index contributed by atoms with van der Waals surface area (Å²) in [6.45, 7) is 32.2. The largest absolute Gasteiger partial charge is 0.377 e. The topological polar surface area (TPSA) is 36.9 Å². The van der Waals surface area contributed by atoms with Crippen molar-refractivity contribution in [1.29, 1.82) is 0 Å². The maximum absolute atomic E-state index is 4.94. The summed E-state index contributed by atoms with van der Waals surface area (Å²) >= 11 is 0. The van der Waals surface area contributed by atoms with Crippen molar-refractivity contribution in [3.63, 3.8) is 0 Å². The molecule has 0 spiro atoms. The van der Waals surface area contributed by atoms with Gasteiger partial charge in [-0.2, -0.15) is 0 Å². The van der Waals surface area contributed by atoms with Gasteiger partial charge in [0, 0.05) is 59.2 Å². The van der Waals surface area contributed by atoms with E-state index in [1.165, 1.54) is 25.7 Å². The predicted molar refractivity (Wildman–Crippen MR) is 109 cm³/mol. The maximum atomic E-state index is 4.94. The molecular formula is C20H36LiO4Sm. The van der Waals surface area contributed by atoms with E-state index in [0.29, 0.717) is 0 Å². The molecule has 0 bridgehead atoms. The molecule has 147 valence electrons. The molecule has 0 aromatic heterocycles. The van der Waals surface area contributed by atoms with E-state index >= 15 is 0 Å². The first-order chi connectivity index (χ1) is 11.7. The molecule has 2 saturated heterocycles. The Morgan fingerprint density at radius 2 is 0.462 bits per heavy atom. The van der Waals surface area contributed by atoms with E-state index in [1.54, 1.807) is 0 Å². The zero-order valence-corrected chi connectivity index (χ0v) is 19.3. The normalized spacial score (nSPS) is 13.8. The van der Waals surface area contributed by atoms with Crippen molar-refractivity contribution in [3.8, 4) is 0 Å². The maximum Gasteiger partial charge on any atom is 0.0701 e. The Bertz CT molecular complexity index is 105. The van der Waals surface area contributed by atoms with Gasteiger partial charge in [-0.05, 0) is 81.1 Å². The fourth-order valence-electron chi connectivity index (χ4n) is 0.880. The minimum Gasteiger partial charge on any atom is -0.377 e. The predicted octanol–water partition coefficient (Wildman–Crippen LogP) is 3.12. The molecule has 2 aliphatic rings. The number of hydrogen-bond acceptors (Lipinski definition) is 4. The second kappa shape index (κ2) is 56.3. The van der Waals surface area contributed by atoms with Crippen LogP contribution in [0.15, 0.2) is 0 Å². The van der Waals surface area contributed by atoms with Crippen molar-refractivity contribution in [2.45, 2.75) is 0 Å². The van der Waals surface area contributed by atoms with Gasteiger partial charge in [0.05, 0.1) is 52.9 Å². The number of rotatable bonds is 0. The van der Waals surface area contributed by atoms with Crippen LogP contribution < -0.4 is 0 Å². The fourth-order valence-corrected chi connectivity index (χ4v) is 0.880. The van der Waals surface area contributed by atoms with Gasteiger partial charge in [-0.1, -0.05) is 0 Å². The Labute approximate surface area is 210 Å². The van der Waals surface area contributed by atoms with Crippen molar-refractivity contribution >= 4 is 18.9 Å². The van der Waals surface area contributed by atoms with Crippen molar-refractivity contribution in [2.24, 2.45) is 0 Å². The van der Waals surface area contributed by atoms with Crippen LogP contribution in [0.2, 0.25) is 0 Å². The van der Waals surface area contributed by atoms with Gasteiger partial charge in [0.25, 0.3) is 0 Å². The van der Waals surface area contributed by atoms with Crippen LogP contribution in [0.1, 0.15) is 0 Å². The van der Waals surface area contributed by atoms with Crippen molar-refractivity contribution < 1.29 is 59.3 Å². The van der Waals surface area contributed by atoms with Crippen LogP contribution in [-0.2, 0) is 18.9 Å². The molecule has 2 fully saturated rings. The Morgan fingerprint density at radius 1 is 0.385 bits per heavy atom. The van der Waals surface area contributed by atoms with Crippen molar-refractivity contribution in [2.75, 3.05) is 52.9 Å². The van der Waals surface area contributed by atoms with Crippen LogP contribution in [0.25, 0.3) is 0 Å². The number of ether oxygens (including phenoxy) is 4. The standard InChI is InChI=1S/2C4H8O2.4C3H5.Li.Sm/c2*1-2-6-4-3-5-1;4*1-3-2;;/h2*1-4H2;4*3H,1-2H2;;. The first-order valence-corrected chi connectivity index (χ1v) is 7.58. The van der Waals surface area contributed by atoms with Crippen molar-refractivity contribution in [1.82, 2.24) is 0 Å². The monoisotopic (exact) mass is 499 g/mol. The van der Waals surface area contributed by atoms with Gasteiger partial charge in [-0.25, -0.2) is 0 Å². The Hall–Kier alpha value is 1.78. The molecule has 0 aromatic carbocycles. The van der Waals surface area contributed by atoms with Gasteiger partial charge in [0.15, 0.2) is 0 Å². The molecule has 0 aliphatic carbocycles. The summed E-state index contributed by atoms with van der Waals surface area (Å²) in [5.74, 6) is 0. The van der Waals surface area contributed by atoms with Crippen LogP contribution >= 0.6 is 0 Å². The first kappa shape index (κ1) is 42.0. The molecule has 0 unspecified atom stereocenters. The summed E-state index contributed by atoms with van der Waals surface area (Å²) in [4.78, 5) is 0. The summed E-state index contributed by atoms with van der Waals surface area (Å²) in [5, 5.41) is 0. The minimum atomic E-state index is 0. The van der Waals surface area contributed by atoms with Gasteiger partial charge < -0.3 is 18.9 Å². The van der Waals surface area contributed by atoms with Crippen LogP contribution in [0.4, 0.5) is 0 Å². The van der Waals surface area contributed by atoms with E-state index in [4.69, 9.17) is 18.9 Å². The average Bonchev–Trinajstić information content (AvgIpc) is 2.61. The van der Waals surface area contributed by atoms with Crippen LogP contribution in [0.3, 0.4) is 0 Å². The summed E-state index contributed by atoms with van der Waals surface area (Å²) in [5.41, 5.74) is 0. The van der Waals surface area contributed by atoms with E-state index in [9.17, 15) is 0 Å². The van der Waals surface area contributed by atoms with E-state index in [0.717, 1.165) is 52.9 Å². The van der Waals surface area contributed by atoms with Gasteiger partial charge in [0.2, 0.25) is 0 Å². The second-order valence-corrected chi connectivity index (χ2v) is 3.60. The third kappa shape index (κ3) is 83.4. The molecular weight excluding hydrogens is 462 g/mol. The van der Waals surface area contributed by atoms with E-state index in [-0.39, 0.29) is 59.2 Å². The molecule has 4 nitrogen and oxygen atoms in total. The molecule has 2 heterocycles. The molecule has 13 radical (unpaired) electrons. The third-order valence-electron chi connectivity index (χ3n) is 1.49. The van der Waals surface area contributed by atoms with Gasteiger partial charge >= 0.3 is 0 Å². The zero-order chi connectivity index (χ0) is 19.3. The summed E-state index contributed by atoms with van der Waals surface area (Å²) in [7, 11) is 0. The molecule has 2 rings (SSSR count). The zero-order valence-electron chi connectivity index (χ0n) is 16.7. The van der Waals surface area contributed by atoms with Crippen LogP contribution in [-0.4, -0.2) is 71.7 Å². The molecule has 0 saturated carbocycles. The molecule has 2 aliphatic heterocycles. The van der Waals surface area contributed by atoms with E-state index < -0.39 is 0 Å². The SMILES string of the molecule is C1COCCO1.C1COCCO1.[CH2][CH][CH2].[CH2][CH][CH2].[CH2][CH][CH2].[CH2][CH][CH2].[Li].[Sm]. The van der Waals surface area contributed by atoms with Gasteiger partial charge in [0.1, 0.15) is 0 Å². The fraction of sp³-hybridized carbons (Fsp3) is 0.400. The first-order valence-electron chi connectivity index (χ1n) is 7.58. The molecule has 0 amide bonds. The average molecular weight is 498 g/mol. The second-order valence-electron chi connectivity index (χ2n) is 3.60. The Kier molecular flexibility index (Phi) is 90.9. The molecule has 0 atom stereocenters. The van der Waals surface area contributed by atoms with E-state index in [2.05, 4.69) is 55.4 Å². The summed E-state index contributed by atoms with van der Waals surface area (Å²) in [6, 6.07) is 0. The minimum absolute atomic E-state index is 0. The van der Waals surface area contributed by atoms with Crippen LogP contribution in [0, 0.1) is 121 Å². The smallest absolute Gasteiger partial charge is 0.0701 e. The molecule has 26 heavy (non-hydrogen) atoms. The number of hydrogen-bond donors (Lipinski definition) is 0. The summed E-state index contributed by atoms with van der Waals surface area (Å²) in [6.07, 6.45) is 6.00. The third-order valence-corrected chi connectivity index (χ3v) is 1.49. The van der Waals surface area contributed by atoms with E-state index in [1.807, 2.05) is 0 Å². The Balaban J connectivity index is -0.0000000474. The molecule has 0 aromatic rings. The molecule has 0 N–H and O–H groups in total. The Morgan fingerprint density at radius 3 is 0.500 bits per heavy atom. The van der Waals surface area contributed by atoms with Gasteiger partial charge in [-0.3, -0.25) is 0 Å². The molecule has 6 heteroatoms.